The van der Waals surface area contributed by atoms with Gasteiger partial charge in [-0.1, -0.05) is 24.3 Å². The van der Waals surface area contributed by atoms with Gasteiger partial charge in [0.2, 0.25) is 0 Å². The maximum atomic E-state index is 13.5. The minimum atomic E-state index is -0.758. The van der Waals surface area contributed by atoms with E-state index in [2.05, 4.69) is 10.3 Å². The van der Waals surface area contributed by atoms with Gasteiger partial charge < -0.3 is 14.8 Å². The fourth-order valence-electron chi connectivity index (χ4n) is 4.41. The van der Waals surface area contributed by atoms with Gasteiger partial charge in [-0.2, -0.15) is 0 Å². The summed E-state index contributed by atoms with van der Waals surface area (Å²) in [5, 5.41) is 3.19. The van der Waals surface area contributed by atoms with E-state index in [1.165, 1.54) is 11.7 Å². The lowest BCUT2D eigenvalue weighted by Gasteiger charge is -2.29. The average Bonchev–Trinajstić information content (AvgIpc) is 3.08. The average molecular weight is 417 g/mol. The van der Waals surface area contributed by atoms with Crippen LogP contribution in [0.15, 0.2) is 57.6 Å². The van der Waals surface area contributed by atoms with E-state index in [9.17, 15) is 14.4 Å². The SMILES string of the molecule is COc1ccc(OC)c([C@H]2C3=C(Nc4c2c(=O)[nH]c(=O)n4C)c2ccccc2C3=O)c1. The van der Waals surface area contributed by atoms with Crippen LogP contribution >= 0.6 is 0 Å². The first kappa shape index (κ1) is 18.9. The first-order chi connectivity index (χ1) is 15.0. The van der Waals surface area contributed by atoms with E-state index in [0.29, 0.717) is 39.7 Å². The molecule has 1 aromatic heterocycles. The van der Waals surface area contributed by atoms with Crippen molar-refractivity contribution in [1.29, 1.82) is 0 Å². The third-order valence-corrected chi connectivity index (χ3v) is 5.88. The molecule has 5 rings (SSSR count). The Hall–Kier alpha value is -4.07. The van der Waals surface area contributed by atoms with Crippen molar-refractivity contribution in [2.75, 3.05) is 19.5 Å². The molecule has 1 atom stereocenters. The van der Waals surface area contributed by atoms with Gasteiger partial charge in [0.25, 0.3) is 5.56 Å². The highest BCUT2D eigenvalue weighted by Crippen LogP contribution is 2.50. The highest BCUT2D eigenvalue weighted by molar-refractivity contribution is 6.23. The number of carbonyl (C=O) groups excluding carboxylic acids is 1. The number of rotatable bonds is 3. The lowest BCUT2D eigenvalue weighted by atomic mass is 9.81. The second-order valence-electron chi connectivity index (χ2n) is 7.41. The second kappa shape index (κ2) is 6.73. The number of allylic oxidation sites excluding steroid dienone is 1. The molecule has 0 saturated heterocycles. The van der Waals surface area contributed by atoms with Gasteiger partial charge in [0.15, 0.2) is 5.78 Å². The number of benzene rings is 2. The quantitative estimate of drug-likeness (QED) is 0.678. The van der Waals surface area contributed by atoms with Gasteiger partial charge in [-0.05, 0) is 18.2 Å². The van der Waals surface area contributed by atoms with Crippen molar-refractivity contribution in [3.05, 3.63) is 91.1 Å². The van der Waals surface area contributed by atoms with E-state index in [-0.39, 0.29) is 11.3 Å². The molecule has 0 bridgehead atoms. The molecule has 8 heteroatoms. The lowest BCUT2D eigenvalue weighted by molar-refractivity contribution is 0.103. The maximum Gasteiger partial charge on any atom is 0.329 e. The van der Waals surface area contributed by atoms with E-state index < -0.39 is 17.2 Å². The molecule has 0 fully saturated rings. The number of carbonyl (C=O) groups is 1. The van der Waals surface area contributed by atoms with Gasteiger partial charge in [-0.15, -0.1) is 0 Å². The van der Waals surface area contributed by atoms with Crippen LogP contribution in [0.3, 0.4) is 0 Å². The number of anilines is 1. The van der Waals surface area contributed by atoms with E-state index in [1.54, 1.807) is 44.5 Å². The largest absolute Gasteiger partial charge is 0.497 e. The molecule has 0 unspecified atom stereocenters. The summed E-state index contributed by atoms with van der Waals surface area (Å²) < 4.78 is 12.3. The van der Waals surface area contributed by atoms with Gasteiger partial charge in [-0.25, -0.2) is 4.79 Å². The fraction of sp³-hybridized carbons (Fsp3) is 0.174. The van der Waals surface area contributed by atoms with Crippen LogP contribution in [0, 0.1) is 0 Å². The van der Waals surface area contributed by atoms with E-state index in [1.807, 2.05) is 12.1 Å². The molecule has 156 valence electrons. The number of aromatic amines is 1. The Morgan fingerprint density at radius 2 is 1.71 bits per heavy atom. The Balaban J connectivity index is 1.90. The third kappa shape index (κ3) is 2.58. The van der Waals surface area contributed by atoms with Crippen LogP contribution in [0.4, 0.5) is 5.82 Å². The van der Waals surface area contributed by atoms with Gasteiger partial charge >= 0.3 is 5.69 Å². The maximum absolute atomic E-state index is 13.5. The number of fused-ring (bicyclic) bond motifs is 3. The molecule has 8 nitrogen and oxygen atoms in total. The fourth-order valence-corrected chi connectivity index (χ4v) is 4.41. The lowest BCUT2D eigenvalue weighted by Crippen LogP contribution is -2.37. The zero-order valence-corrected chi connectivity index (χ0v) is 17.1. The standard InChI is InChI=1S/C23H19N3O5/c1-26-21-18(22(28)25-23(26)29)16(14-10-11(30-2)8-9-15(14)31-3)17-19(24-21)12-6-4-5-7-13(12)20(17)27/h4-10,16,24H,1-3H3,(H,25,28,29)/t16-/m0/s1. The number of ether oxygens (including phenoxy) is 2. The Labute approximate surface area is 176 Å². The van der Waals surface area contributed by atoms with Crippen molar-refractivity contribution >= 4 is 17.3 Å². The van der Waals surface area contributed by atoms with Crippen molar-refractivity contribution in [3.63, 3.8) is 0 Å². The molecule has 2 aliphatic rings. The van der Waals surface area contributed by atoms with Crippen molar-refractivity contribution in [2.24, 2.45) is 7.05 Å². The molecule has 0 spiro atoms. The molecule has 3 aromatic rings. The van der Waals surface area contributed by atoms with E-state index >= 15 is 0 Å². The summed E-state index contributed by atoms with van der Waals surface area (Å²) in [7, 11) is 4.64. The summed E-state index contributed by atoms with van der Waals surface area (Å²) in [5.41, 5.74) is 2.06. The van der Waals surface area contributed by atoms with Gasteiger partial charge in [0.05, 0.1) is 31.4 Å². The van der Waals surface area contributed by atoms with Gasteiger partial charge in [0, 0.05) is 29.3 Å². The number of nitrogens with one attached hydrogen (secondary N) is 2. The summed E-state index contributed by atoms with van der Waals surface area (Å²) in [4.78, 5) is 41.2. The normalized spacial score (nSPS) is 16.4. The van der Waals surface area contributed by atoms with E-state index in [4.69, 9.17) is 9.47 Å². The minimum Gasteiger partial charge on any atom is -0.497 e. The van der Waals surface area contributed by atoms with Crippen LogP contribution < -0.4 is 26.0 Å². The number of Topliss-reactive ketones (excluding diaryl/α,β-unsaturated/α-hetero) is 1. The Kier molecular flexibility index (Phi) is 4.11. The van der Waals surface area contributed by atoms with Crippen LogP contribution in [0.5, 0.6) is 11.5 Å². The molecular weight excluding hydrogens is 398 g/mol. The van der Waals surface area contributed by atoms with E-state index in [0.717, 1.165) is 5.56 Å². The van der Waals surface area contributed by atoms with Crippen molar-refractivity contribution < 1.29 is 14.3 Å². The number of ketones is 1. The van der Waals surface area contributed by atoms with Crippen LogP contribution in [-0.4, -0.2) is 29.6 Å². The summed E-state index contributed by atoms with van der Waals surface area (Å²) in [5.74, 6) is 0.468. The zero-order valence-electron chi connectivity index (χ0n) is 17.1. The first-order valence-electron chi connectivity index (χ1n) is 9.66. The van der Waals surface area contributed by atoms with Gasteiger partial charge in [-0.3, -0.25) is 19.1 Å². The van der Waals surface area contributed by atoms with Gasteiger partial charge in [0.1, 0.15) is 17.3 Å². The third-order valence-electron chi connectivity index (χ3n) is 5.88. The molecule has 0 amide bonds. The topological polar surface area (TPSA) is 102 Å². The molecule has 2 aromatic carbocycles. The highest BCUT2D eigenvalue weighted by atomic mass is 16.5. The van der Waals surface area contributed by atoms with Crippen LogP contribution in [-0.2, 0) is 7.05 Å². The van der Waals surface area contributed by atoms with Crippen LogP contribution in [0.1, 0.15) is 33.0 Å². The number of hydrogen-bond donors (Lipinski definition) is 2. The van der Waals surface area contributed by atoms with Crippen molar-refractivity contribution in [1.82, 2.24) is 9.55 Å². The Morgan fingerprint density at radius 3 is 2.42 bits per heavy atom. The summed E-state index contributed by atoms with van der Waals surface area (Å²) in [6.07, 6.45) is 0. The molecule has 1 aliphatic heterocycles. The molecule has 31 heavy (non-hydrogen) atoms. The molecule has 0 saturated carbocycles. The highest BCUT2D eigenvalue weighted by Gasteiger charge is 2.43. The number of H-pyrrole nitrogens is 1. The predicted molar refractivity (Wildman–Crippen MR) is 115 cm³/mol. The first-order valence-corrected chi connectivity index (χ1v) is 9.66. The molecular formula is C23H19N3O5. The monoisotopic (exact) mass is 417 g/mol. The Bertz CT molecular complexity index is 1410. The summed E-state index contributed by atoms with van der Waals surface area (Å²) in [6, 6.07) is 12.5. The number of methoxy groups -OCH3 is 2. The molecule has 0 radical (unpaired) electrons. The predicted octanol–water partition coefficient (Wildman–Crippen LogP) is 2.26. The Morgan fingerprint density at radius 1 is 0.968 bits per heavy atom. The van der Waals surface area contributed by atoms with Crippen molar-refractivity contribution in [3.8, 4) is 11.5 Å². The molecule has 2 heterocycles. The molecule has 2 N–H and O–H groups in total. The zero-order chi connectivity index (χ0) is 21.9. The summed E-state index contributed by atoms with van der Waals surface area (Å²) >= 11 is 0. The number of nitrogens with zero attached hydrogens (tertiary/aromatic N) is 1. The number of aromatic nitrogens is 2. The number of hydrogen-bond acceptors (Lipinski definition) is 6. The second-order valence-corrected chi connectivity index (χ2v) is 7.41. The smallest absolute Gasteiger partial charge is 0.329 e. The molecule has 1 aliphatic carbocycles. The summed E-state index contributed by atoms with van der Waals surface area (Å²) in [6.45, 7) is 0. The van der Waals surface area contributed by atoms with Crippen LogP contribution in [0.2, 0.25) is 0 Å². The van der Waals surface area contributed by atoms with Crippen LogP contribution in [0.25, 0.3) is 5.70 Å². The minimum absolute atomic E-state index is 0.174. The van der Waals surface area contributed by atoms with Crippen molar-refractivity contribution in [2.45, 2.75) is 5.92 Å².